The number of hydrogen-bond acceptors (Lipinski definition) is 4. The van der Waals surface area contributed by atoms with E-state index in [-0.39, 0.29) is 24.6 Å². The molecule has 4 nitrogen and oxygen atoms in total. The van der Waals surface area contributed by atoms with Crippen molar-refractivity contribution in [1.82, 2.24) is 0 Å². The standard InChI is InChI=1S/C9H14O4/c1-6-8(11)3-4-12-9(6)5-13-7(2)10/h3-4,6,8-9,11H,5H2,1-2H3. The van der Waals surface area contributed by atoms with Gasteiger partial charge in [0.25, 0.3) is 0 Å². The Bertz CT molecular complexity index is 212. The van der Waals surface area contributed by atoms with Crippen molar-refractivity contribution in [3.63, 3.8) is 0 Å². The fourth-order valence-corrected chi connectivity index (χ4v) is 1.14. The Labute approximate surface area is 77.1 Å². The maximum absolute atomic E-state index is 10.5. The summed E-state index contributed by atoms with van der Waals surface area (Å²) in [6.07, 6.45) is 2.26. The number of aliphatic hydroxyl groups excluding tert-OH is 1. The summed E-state index contributed by atoms with van der Waals surface area (Å²) < 4.78 is 9.98. The molecule has 0 fully saturated rings. The Morgan fingerprint density at radius 3 is 3.00 bits per heavy atom. The Morgan fingerprint density at radius 1 is 1.69 bits per heavy atom. The van der Waals surface area contributed by atoms with Crippen LogP contribution in [0.3, 0.4) is 0 Å². The van der Waals surface area contributed by atoms with Gasteiger partial charge in [0.05, 0.1) is 12.4 Å². The summed E-state index contributed by atoms with van der Waals surface area (Å²) in [6.45, 7) is 3.39. The van der Waals surface area contributed by atoms with Crippen LogP contribution in [0.5, 0.6) is 0 Å². The van der Waals surface area contributed by atoms with Crippen LogP contribution in [0.1, 0.15) is 13.8 Å². The molecule has 1 aliphatic heterocycles. The molecule has 0 saturated carbocycles. The summed E-state index contributed by atoms with van der Waals surface area (Å²) in [7, 11) is 0. The molecule has 1 aliphatic rings. The summed E-state index contributed by atoms with van der Waals surface area (Å²) >= 11 is 0. The third kappa shape index (κ3) is 2.73. The second-order valence-electron chi connectivity index (χ2n) is 3.16. The van der Waals surface area contributed by atoms with E-state index >= 15 is 0 Å². The van der Waals surface area contributed by atoms with Gasteiger partial charge >= 0.3 is 5.97 Å². The highest BCUT2D eigenvalue weighted by Gasteiger charge is 2.27. The summed E-state index contributed by atoms with van der Waals surface area (Å²) in [5.41, 5.74) is 0. The molecule has 0 saturated heterocycles. The molecule has 0 amide bonds. The second-order valence-corrected chi connectivity index (χ2v) is 3.16. The molecular weight excluding hydrogens is 172 g/mol. The van der Waals surface area contributed by atoms with Gasteiger partial charge in [-0.25, -0.2) is 0 Å². The maximum atomic E-state index is 10.5. The zero-order valence-electron chi connectivity index (χ0n) is 7.77. The number of hydrogen-bond donors (Lipinski definition) is 1. The fraction of sp³-hybridized carbons (Fsp3) is 0.667. The van der Waals surface area contributed by atoms with Crippen molar-refractivity contribution < 1.29 is 19.4 Å². The molecule has 0 spiro atoms. The van der Waals surface area contributed by atoms with E-state index in [9.17, 15) is 9.90 Å². The van der Waals surface area contributed by atoms with Gasteiger partial charge in [-0.05, 0) is 6.08 Å². The van der Waals surface area contributed by atoms with Crippen LogP contribution in [0.15, 0.2) is 12.3 Å². The van der Waals surface area contributed by atoms with Crippen molar-refractivity contribution in [3.05, 3.63) is 12.3 Å². The van der Waals surface area contributed by atoms with Gasteiger partial charge in [-0.15, -0.1) is 0 Å². The Morgan fingerprint density at radius 2 is 2.38 bits per heavy atom. The summed E-state index contributed by atoms with van der Waals surface area (Å²) in [4.78, 5) is 10.5. The van der Waals surface area contributed by atoms with Gasteiger partial charge in [0.2, 0.25) is 0 Å². The molecule has 0 aromatic carbocycles. The monoisotopic (exact) mass is 186 g/mol. The molecule has 3 atom stereocenters. The number of esters is 1. The molecule has 1 N–H and O–H groups in total. The summed E-state index contributed by atoms with van der Waals surface area (Å²) in [6, 6.07) is 0. The Kier molecular flexibility index (Phi) is 3.31. The van der Waals surface area contributed by atoms with Gasteiger partial charge in [-0.1, -0.05) is 6.92 Å². The normalized spacial score (nSPS) is 32.4. The van der Waals surface area contributed by atoms with E-state index in [4.69, 9.17) is 9.47 Å². The van der Waals surface area contributed by atoms with Crippen LogP contribution >= 0.6 is 0 Å². The molecule has 1 rings (SSSR count). The van der Waals surface area contributed by atoms with Gasteiger partial charge in [0, 0.05) is 12.8 Å². The van der Waals surface area contributed by atoms with Crippen molar-refractivity contribution in [3.8, 4) is 0 Å². The Hall–Kier alpha value is -1.03. The molecule has 74 valence electrons. The van der Waals surface area contributed by atoms with Crippen molar-refractivity contribution in [2.75, 3.05) is 6.61 Å². The van der Waals surface area contributed by atoms with Gasteiger partial charge in [-0.3, -0.25) is 4.79 Å². The van der Waals surface area contributed by atoms with E-state index in [1.165, 1.54) is 13.2 Å². The van der Waals surface area contributed by atoms with Crippen LogP contribution in [0.4, 0.5) is 0 Å². The Balaban J connectivity index is 2.42. The molecule has 0 radical (unpaired) electrons. The van der Waals surface area contributed by atoms with E-state index < -0.39 is 6.10 Å². The minimum Gasteiger partial charge on any atom is -0.494 e. The van der Waals surface area contributed by atoms with Gasteiger partial charge in [0.1, 0.15) is 12.7 Å². The first-order valence-corrected chi connectivity index (χ1v) is 4.25. The highest BCUT2D eigenvalue weighted by Crippen LogP contribution is 2.18. The predicted molar refractivity (Wildman–Crippen MR) is 45.8 cm³/mol. The quantitative estimate of drug-likeness (QED) is 0.636. The molecule has 13 heavy (non-hydrogen) atoms. The van der Waals surface area contributed by atoms with Gasteiger partial charge in [-0.2, -0.15) is 0 Å². The van der Waals surface area contributed by atoms with E-state index in [2.05, 4.69) is 0 Å². The molecular formula is C9H14O4. The lowest BCUT2D eigenvalue weighted by Gasteiger charge is -2.28. The molecule has 1 heterocycles. The first-order chi connectivity index (χ1) is 6.11. The number of ether oxygens (including phenoxy) is 2. The third-order valence-corrected chi connectivity index (χ3v) is 2.11. The van der Waals surface area contributed by atoms with Crippen LogP contribution < -0.4 is 0 Å². The maximum Gasteiger partial charge on any atom is 0.302 e. The number of carbonyl (C=O) groups is 1. The largest absolute Gasteiger partial charge is 0.494 e. The topological polar surface area (TPSA) is 55.8 Å². The first-order valence-electron chi connectivity index (χ1n) is 4.25. The predicted octanol–water partition coefficient (Wildman–Crippen LogP) is 0.459. The molecule has 0 aromatic rings. The van der Waals surface area contributed by atoms with Gasteiger partial charge in [0.15, 0.2) is 0 Å². The van der Waals surface area contributed by atoms with Crippen LogP contribution in [0, 0.1) is 5.92 Å². The molecule has 0 bridgehead atoms. The van der Waals surface area contributed by atoms with E-state index in [1.807, 2.05) is 6.92 Å². The second kappa shape index (κ2) is 4.28. The fourth-order valence-electron chi connectivity index (χ4n) is 1.14. The average Bonchev–Trinajstić information content (AvgIpc) is 2.07. The molecule has 4 heteroatoms. The zero-order valence-corrected chi connectivity index (χ0v) is 7.77. The molecule has 0 aromatic heterocycles. The van der Waals surface area contributed by atoms with E-state index in [0.29, 0.717) is 0 Å². The van der Waals surface area contributed by atoms with Crippen LogP contribution in [-0.2, 0) is 14.3 Å². The lowest BCUT2D eigenvalue weighted by atomic mass is 9.97. The van der Waals surface area contributed by atoms with Crippen molar-refractivity contribution in [2.24, 2.45) is 5.92 Å². The number of rotatable bonds is 2. The molecule has 3 unspecified atom stereocenters. The van der Waals surface area contributed by atoms with Crippen molar-refractivity contribution in [2.45, 2.75) is 26.1 Å². The lowest BCUT2D eigenvalue weighted by molar-refractivity contribution is -0.146. The van der Waals surface area contributed by atoms with E-state index in [1.54, 1.807) is 6.08 Å². The highest BCUT2D eigenvalue weighted by molar-refractivity contribution is 5.65. The van der Waals surface area contributed by atoms with Gasteiger partial charge < -0.3 is 14.6 Å². The van der Waals surface area contributed by atoms with Crippen molar-refractivity contribution >= 4 is 5.97 Å². The number of carbonyl (C=O) groups excluding carboxylic acids is 1. The summed E-state index contributed by atoms with van der Waals surface area (Å²) in [5, 5.41) is 9.41. The highest BCUT2D eigenvalue weighted by atomic mass is 16.6. The van der Waals surface area contributed by atoms with Crippen molar-refractivity contribution in [1.29, 1.82) is 0 Å². The third-order valence-electron chi connectivity index (χ3n) is 2.11. The summed E-state index contributed by atoms with van der Waals surface area (Å²) in [5.74, 6) is -0.385. The smallest absolute Gasteiger partial charge is 0.302 e. The average molecular weight is 186 g/mol. The van der Waals surface area contributed by atoms with E-state index in [0.717, 1.165) is 0 Å². The van der Waals surface area contributed by atoms with Crippen LogP contribution in [0.2, 0.25) is 0 Å². The first kappa shape index (κ1) is 10.1. The molecule has 0 aliphatic carbocycles. The zero-order chi connectivity index (χ0) is 9.84. The number of aliphatic hydroxyl groups is 1. The minimum absolute atomic E-state index is 0.0515. The lowest BCUT2D eigenvalue weighted by Crippen LogP contribution is -2.36. The van der Waals surface area contributed by atoms with Crippen LogP contribution in [-0.4, -0.2) is 29.9 Å². The minimum atomic E-state index is -0.519. The van der Waals surface area contributed by atoms with Crippen LogP contribution in [0.25, 0.3) is 0 Å². The SMILES string of the molecule is CC(=O)OCC1OC=CC(O)C1C.